The third kappa shape index (κ3) is 3.45. The van der Waals surface area contributed by atoms with Crippen molar-refractivity contribution in [3.63, 3.8) is 0 Å². The Morgan fingerprint density at radius 2 is 1.81 bits per heavy atom. The average Bonchev–Trinajstić information content (AvgIpc) is 2.97. The first-order chi connectivity index (χ1) is 14.6. The Hall–Kier alpha value is -3.63. The summed E-state index contributed by atoms with van der Waals surface area (Å²) in [6.45, 7) is 3.10. The van der Waals surface area contributed by atoms with E-state index >= 15 is 0 Å². The largest absolute Gasteiger partial charge is 0.481 e. The summed E-state index contributed by atoms with van der Waals surface area (Å²) in [5.41, 5.74) is -0.581. The number of nitrogens with zero attached hydrogens (tertiary/aromatic N) is 4. The summed E-state index contributed by atoms with van der Waals surface area (Å²) in [6, 6.07) is 6.77. The highest BCUT2D eigenvalue weighted by molar-refractivity contribution is 5.91. The van der Waals surface area contributed by atoms with Crippen molar-refractivity contribution in [3.8, 4) is 11.6 Å². The average molecular weight is 436 g/mol. The summed E-state index contributed by atoms with van der Waals surface area (Å²) in [5, 5.41) is 0. The maximum absolute atomic E-state index is 13.2. The molecule has 4 rings (SSSR count). The van der Waals surface area contributed by atoms with Gasteiger partial charge in [-0.25, -0.2) is 9.18 Å². The molecule has 3 aromatic rings. The number of hydrogen-bond acceptors (Lipinski definition) is 4. The summed E-state index contributed by atoms with van der Waals surface area (Å²) in [7, 11) is 1.40. The number of imidazole rings is 1. The molecule has 7 nitrogen and oxygen atoms in total. The van der Waals surface area contributed by atoms with Crippen LogP contribution in [0.5, 0.6) is 5.88 Å². The van der Waals surface area contributed by atoms with Crippen molar-refractivity contribution in [3.05, 3.63) is 64.9 Å². The molecule has 3 heterocycles. The van der Waals surface area contributed by atoms with Crippen molar-refractivity contribution in [1.29, 1.82) is 0 Å². The van der Waals surface area contributed by atoms with E-state index in [-0.39, 0.29) is 30.3 Å². The number of amides is 1. The summed E-state index contributed by atoms with van der Waals surface area (Å²) in [5.74, 6) is -1.73. The van der Waals surface area contributed by atoms with Gasteiger partial charge < -0.3 is 9.64 Å². The Kier molecular flexibility index (Phi) is 4.83. The molecule has 0 aliphatic carbocycles. The van der Waals surface area contributed by atoms with Crippen molar-refractivity contribution in [1.82, 2.24) is 19.0 Å². The van der Waals surface area contributed by atoms with Gasteiger partial charge in [0, 0.05) is 19.2 Å². The molecule has 2 aromatic heterocycles. The van der Waals surface area contributed by atoms with Gasteiger partial charge >= 0.3 is 11.9 Å². The molecule has 11 heteroatoms. The van der Waals surface area contributed by atoms with Crippen LogP contribution in [0.3, 0.4) is 0 Å². The van der Waals surface area contributed by atoms with E-state index < -0.39 is 35.2 Å². The number of hydrogen-bond donors (Lipinski definition) is 0. The van der Waals surface area contributed by atoms with Crippen LogP contribution in [0.25, 0.3) is 16.9 Å². The molecule has 1 amide bonds. The first-order valence-electron chi connectivity index (χ1n) is 9.11. The zero-order chi connectivity index (χ0) is 22.5. The number of ether oxygens (including phenoxy) is 1. The van der Waals surface area contributed by atoms with Gasteiger partial charge in [-0.1, -0.05) is 6.58 Å². The van der Waals surface area contributed by atoms with Crippen molar-refractivity contribution in [2.75, 3.05) is 20.2 Å². The number of benzene rings is 1. The van der Waals surface area contributed by atoms with Crippen LogP contribution in [0.2, 0.25) is 0 Å². The number of carbonyl (C=O) groups excluding carboxylic acids is 1. The number of pyridine rings is 1. The quantitative estimate of drug-likeness (QED) is 0.466. The predicted molar refractivity (Wildman–Crippen MR) is 103 cm³/mol. The van der Waals surface area contributed by atoms with E-state index in [0.29, 0.717) is 5.52 Å². The molecule has 1 saturated heterocycles. The predicted octanol–water partition coefficient (Wildman–Crippen LogP) is 3.08. The molecule has 0 saturated carbocycles. The Balaban J connectivity index is 1.81. The minimum atomic E-state index is -4.51. The molecule has 0 atom stereocenters. The SMILES string of the molecule is C=C(F)C(=O)N1CC(n2c(=O)n(-c3ccc(C(F)(F)F)cc3)c3ccc(OC)nc32)C1. The van der Waals surface area contributed by atoms with Gasteiger partial charge in [-0.2, -0.15) is 18.2 Å². The van der Waals surface area contributed by atoms with Crippen LogP contribution in [-0.4, -0.2) is 45.1 Å². The van der Waals surface area contributed by atoms with Gasteiger partial charge in [0.05, 0.1) is 29.9 Å². The van der Waals surface area contributed by atoms with Gasteiger partial charge in [-0.15, -0.1) is 0 Å². The summed E-state index contributed by atoms with van der Waals surface area (Å²) in [4.78, 5) is 30.5. The number of halogens is 4. The fraction of sp³-hybridized carbons (Fsp3) is 0.250. The van der Waals surface area contributed by atoms with Gasteiger partial charge in [0.25, 0.3) is 5.91 Å². The molecule has 0 N–H and O–H groups in total. The number of carbonyl (C=O) groups is 1. The van der Waals surface area contributed by atoms with E-state index in [9.17, 15) is 27.2 Å². The zero-order valence-corrected chi connectivity index (χ0v) is 16.2. The van der Waals surface area contributed by atoms with E-state index in [1.165, 1.54) is 39.3 Å². The van der Waals surface area contributed by atoms with Crippen LogP contribution in [0.1, 0.15) is 11.6 Å². The Morgan fingerprint density at radius 3 is 2.35 bits per heavy atom. The number of fused-ring (bicyclic) bond motifs is 1. The number of alkyl halides is 3. The van der Waals surface area contributed by atoms with Crippen LogP contribution in [0.4, 0.5) is 17.6 Å². The van der Waals surface area contributed by atoms with Crippen molar-refractivity contribution >= 4 is 17.1 Å². The van der Waals surface area contributed by atoms with Crippen molar-refractivity contribution < 1.29 is 27.1 Å². The standard InChI is InChI=1S/C20H16F4N4O3/c1-11(21)18(29)26-9-14(10-26)28-17-15(7-8-16(25-17)31-2)27(19(28)30)13-5-3-12(4-6-13)20(22,23)24/h3-8,14H,1,9-10H2,2H3. The van der Waals surface area contributed by atoms with E-state index in [1.807, 2.05) is 0 Å². The third-order valence-corrected chi connectivity index (χ3v) is 5.10. The Morgan fingerprint density at radius 1 is 1.16 bits per heavy atom. The molecule has 1 aromatic carbocycles. The highest BCUT2D eigenvalue weighted by Crippen LogP contribution is 2.31. The highest BCUT2D eigenvalue weighted by atomic mass is 19.4. The molecule has 1 aliphatic rings. The smallest absolute Gasteiger partial charge is 0.416 e. The lowest BCUT2D eigenvalue weighted by Crippen LogP contribution is -2.52. The van der Waals surface area contributed by atoms with Gasteiger partial charge in [0.1, 0.15) is 0 Å². The maximum atomic E-state index is 13.2. The number of likely N-dealkylation sites (tertiary alicyclic amines) is 1. The molecule has 31 heavy (non-hydrogen) atoms. The summed E-state index contributed by atoms with van der Waals surface area (Å²) < 4.78 is 59.5. The normalized spacial score (nSPS) is 14.5. The fourth-order valence-corrected chi connectivity index (χ4v) is 3.52. The minimum absolute atomic E-state index is 0.0622. The second kappa shape index (κ2) is 7.25. The first kappa shape index (κ1) is 20.6. The summed E-state index contributed by atoms with van der Waals surface area (Å²) in [6.07, 6.45) is -4.51. The number of methoxy groups -OCH3 is 1. The molecular formula is C20H16F4N4O3. The van der Waals surface area contributed by atoms with Crippen LogP contribution < -0.4 is 10.4 Å². The lowest BCUT2D eigenvalue weighted by molar-refractivity contribution is -0.137. The molecule has 0 bridgehead atoms. The molecule has 1 fully saturated rings. The lowest BCUT2D eigenvalue weighted by atomic mass is 10.1. The van der Waals surface area contributed by atoms with Crippen LogP contribution in [0.15, 0.2) is 53.6 Å². The van der Waals surface area contributed by atoms with Crippen LogP contribution in [0, 0.1) is 0 Å². The molecule has 162 valence electrons. The third-order valence-electron chi connectivity index (χ3n) is 5.10. The molecule has 0 unspecified atom stereocenters. The molecular weight excluding hydrogens is 420 g/mol. The number of aromatic nitrogens is 3. The minimum Gasteiger partial charge on any atom is -0.481 e. The zero-order valence-electron chi connectivity index (χ0n) is 16.2. The van der Waals surface area contributed by atoms with Gasteiger partial charge in [0.2, 0.25) is 5.88 Å². The topological polar surface area (TPSA) is 69.4 Å². The van der Waals surface area contributed by atoms with Crippen LogP contribution >= 0.6 is 0 Å². The molecule has 0 radical (unpaired) electrons. The Labute approximate surface area is 172 Å². The van der Waals surface area contributed by atoms with E-state index in [1.54, 1.807) is 6.07 Å². The second-order valence-corrected chi connectivity index (χ2v) is 7.00. The lowest BCUT2D eigenvalue weighted by Gasteiger charge is -2.39. The monoisotopic (exact) mass is 436 g/mol. The second-order valence-electron chi connectivity index (χ2n) is 7.00. The van der Waals surface area contributed by atoms with E-state index in [0.717, 1.165) is 12.1 Å². The van der Waals surface area contributed by atoms with Crippen molar-refractivity contribution in [2.24, 2.45) is 0 Å². The van der Waals surface area contributed by atoms with Gasteiger partial charge in [0.15, 0.2) is 11.5 Å². The van der Waals surface area contributed by atoms with Crippen molar-refractivity contribution in [2.45, 2.75) is 12.2 Å². The van der Waals surface area contributed by atoms with Gasteiger partial charge in [-0.3, -0.25) is 13.9 Å². The van der Waals surface area contributed by atoms with Crippen LogP contribution in [-0.2, 0) is 11.0 Å². The maximum Gasteiger partial charge on any atom is 0.416 e. The first-order valence-corrected chi connectivity index (χ1v) is 9.11. The van der Waals surface area contributed by atoms with Gasteiger partial charge in [-0.05, 0) is 30.3 Å². The van der Waals surface area contributed by atoms with E-state index in [2.05, 4.69) is 11.6 Å². The highest BCUT2D eigenvalue weighted by Gasteiger charge is 2.36. The Bertz CT molecular complexity index is 1240. The van der Waals surface area contributed by atoms with E-state index in [4.69, 9.17) is 4.74 Å². The molecule has 1 aliphatic heterocycles. The summed E-state index contributed by atoms with van der Waals surface area (Å²) >= 11 is 0. The fourth-order valence-electron chi connectivity index (χ4n) is 3.52. The molecule has 0 spiro atoms. The number of rotatable bonds is 4.